The number of piperidine rings is 3. The van der Waals surface area contributed by atoms with Crippen LogP contribution >= 0.6 is 0 Å². The zero-order valence-corrected chi connectivity index (χ0v) is 37.8. The summed E-state index contributed by atoms with van der Waals surface area (Å²) in [5.41, 5.74) is 1.55. The van der Waals surface area contributed by atoms with Crippen molar-refractivity contribution in [3.63, 3.8) is 0 Å². The van der Waals surface area contributed by atoms with E-state index in [1.165, 1.54) is 12.1 Å². The minimum atomic E-state index is -0.994. The number of nitrogens with zero attached hydrogens (tertiary/aromatic N) is 8. The lowest BCUT2D eigenvalue weighted by Crippen LogP contribution is -2.66. The first kappa shape index (κ1) is 44.1. The minimum Gasteiger partial charge on any atom is -0.370 e. The van der Waals surface area contributed by atoms with Crippen LogP contribution in [-0.4, -0.2) is 144 Å². The third-order valence-corrected chi connectivity index (χ3v) is 15.3. The average molecular weight is 908 g/mol. The van der Waals surface area contributed by atoms with Gasteiger partial charge in [-0.05, 0) is 93.6 Å². The van der Waals surface area contributed by atoms with Gasteiger partial charge in [-0.2, -0.15) is 0 Å². The predicted octanol–water partition coefficient (Wildman–Crippen LogP) is 3.62. The first-order chi connectivity index (χ1) is 31.7. The summed E-state index contributed by atoms with van der Waals surface area (Å²) in [5.74, 6) is -0.758. The molecule has 16 nitrogen and oxygen atoms in total. The SMILES string of the molecule is CC1(C)CCN(Cc2cc(F)c(N3CC(=O)NC4(CCN(c5cc(NCCCN6C[C@@H]7CN(c8cccc9c8C(=O)N(C8CCC(=O)NC8=O)C9=O)C[C@@H]7C6)ncn5)CC4)C3)cc2F)CC1. The van der Waals surface area contributed by atoms with Gasteiger partial charge in [0.25, 0.3) is 11.8 Å². The number of rotatable bonds is 11. The van der Waals surface area contributed by atoms with Crippen LogP contribution in [0, 0.1) is 28.9 Å². The van der Waals surface area contributed by atoms with E-state index in [4.69, 9.17) is 0 Å². The van der Waals surface area contributed by atoms with E-state index in [2.05, 4.69) is 59.4 Å². The van der Waals surface area contributed by atoms with Crippen molar-refractivity contribution in [3.05, 3.63) is 71.1 Å². The molecule has 7 aliphatic heterocycles. The van der Waals surface area contributed by atoms with E-state index in [1.54, 1.807) is 23.4 Å². The second-order valence-electron chi connectivity index (χ2n) is 20.4. The molecule has 6 saturated heterocycles. The van der Waals surface area contributed by atoms with E-state index in [1.807, 2.05) is 12.1 Å². The topological polar surface area (TPSA) is 167 Å². The van der Waals surface area contributed by atoms with E-state index < -0.39 is 46.8 Å². The van der Waals surface area contributed by atoms with E-state index >= 15 is 8.78 Å². The van der Waals surface area contributed by atoms with Gasteiger partial charge in [0.1, 0.15) is 35.6 Å². The zero-order chi connectivity index (χ0) is 45.9. The van der Waals surface area contributed by atoms with Crippen molar-refractivity contribution >= 4 is 52.5 Å². The smallest absolute Gasteiger partial charge is 0.264 e. The summed E-state index contributed by atoms with van der Waals surface area (Å²) in [7, 11) is 0. The number of hydrogen-bond donors (Lipinski definition) is 3. The van der Waals surface area contributed by atoms with E-state index in [9.17, 15) is 24.0 Å². The average Bonchev–Trinajstić information content (AvgIpc) is 3.94. The molecule has 0 aliphatic carbocycles. The summed E-state index contributed by atoms with van der Waals surface area (Å²) < 4.78 is 31.2. The summed E-state index contributed by atoms with van der Waals surface area (Å²) in [5, 5.41) is 8.93. The molecule has 0 radical (unpaired) electrons. The Hall–Kier alpha value is -5.75. The number of halogens is 2. The van der Waals surface area contributed by atoms with Gasteiger partial charge >= 0.3 is 0 Å². The number of nitrogens with one attached hydrogen (secondary N) is 3. The maximum atomic E-state index is 15.7. The van der Waals surface area contributed by atoms with Crippen molar-refractivity contribution in [1.82, 2.24) is 35.3 Å². The van der Waals surface area contributed by atoms with Gasteiger partial charge in [0.05, 0.1) is 34.6 Å². The lowest BCUT2D eigenvalue weighted by atomic mass is 9.82. The van der Waals surface area contributed by atoms with Crippen molar-refractivity contribution in [2.75, 3.05) is 98.6 Å². The molecule has 6 fully saturated rings. The van der Waals surface area contributed by atoms with Gasteiger partial charge in [-0.1, -0.05) is 19.9 Å². The molecule has 0 saturated carbocycles. The van der Waals surface area contributed by atoms with Crippen LogP contribution in [0.5, 0.6) is 0 Å². The maximum Gasteiger partial charge on any atom is 0.264 e. The third kappa shape index (κ3) is 8.69. The van der Waals surface area contributed by atoms with Gasteiger partial charge in [-0.25, -0.2) is 18.7 Å². The number of fused-ring (bicyclic) bond motifs is 2. The number of hydrogen-bond acceptors (Lipinski definition) is 13. The summed E-state index contributed by atoms with van der Waals surface area (Å²) >= 11 is 0. The lowest BCUT2D eigenvalue weighted by molar-refractivity contribution is -0.136. The Morgan fingerprint density at radius 3 is 2.29 bits per heavy atom. The zero-order valence-electron chi connectivity index (χ0n) is 37.8. The summed E-state index contributed by atoms with van der Waals surface area (Å²) in [6.45, 7) is 13.2. The van der Waals surface area contributed by atoms with Crippen molar-refractivity contribution in [2.45, 2.75) is 76.9 Å². The highest BCUT2D eigenvalue weighted by Gasteiger charge is 2.48. The second kappa shape index (κ2) is 17.5. The Balaban J connectivity index is 0.682. The quantitative estimate of drug-likeness (QED) is 0.189. The van der Waals surface area contributed by atoms with E-state index in [0.717, 1.165) is 93.8 Å². The van der Waals surface area contributed by atoms with Crippen molar-refractivity contribution in [1.29, 1.82) is 0 Å². The van der Waals surface area contributed by atoms with Gasteiger partial charge in [0, 0.05) is 83.0 Å². The fourth-order valence-corrected chi connectivity index (χ4v) is 11.5. The predicted molar refractivity (Wildman–Crippen MR) is 243 cm³/mol. The molecule has 0 bridgehead atoms. The standard InChI is InChI=1S/C48H59F2N11O5/c1-47(2)9-15-56(16-10-47)22-30-19-35(50)38(20-34(30)49)60-27-42(63)55-48(28-60)11-17-58(18-12-48)40-21-39(52-29-53-40)51-13-4-14-57-23-31-25-59(26-32(31)24-57)36-6-3-5-33-43(36)46(66)61(45(33)65)37-7-8-41(62)54-44(37)64/h3,5-6,19-21,29,31-32,37H,4,7-18,22-28H2,1-2H3,(H,55,63)(H,51,52,53)(H,54,62,64)/t31-,32+,37?. The van der Waals surface area contributed by atoms with Crippen molar-refractivity contribution in [3.8, 4) is 0 Å². The maximum absolute atomic E-state index is 15.7. The second-order valence-corrected chi connectivity index (χ2v) is 20.4. The van der Waals surface area contributed by atoms with Crippen LogP contribution in [0.25, 0.3) is 0 Å². The molecule has 3 N–H and O–H groups in total. The molecule has 66 heavy (non-hydrogen) atoms. The number of carbonyl (C=O) groups is 5. The largest absolute Gasteiger partial charge is 0.370 e. The van der Waals surface area contributed by atoms with E-state index in [0.29, 0.717) is 67.5 Å². The first-order valence-corrected chi connectivity index (χ1v) is 23.6. The van der Waals surface area contributed by atoms with Crippen molar-refractivity contribution < 1.29 is 32.8 Å². The molecule has 18 heteroatoms. The number of benzene rings is 2. The molecular weight excluding hydrogens is 849 g/mol. The highest BCUT2D eigenvalue weighted by atomic mass is 19.1. The summed E-state index contributed by atoms with van der Waals surface area (Å²) in [4.78, 5) is 85.3. The number of piperazine rings is 1. The number of imide groups is 2. The fourth-order valence-electron chi connectivity index (χ4n) is 11.5. The van der Waals surface area contributed by atoms with Crippen LogP contribution in [0.1, 0.15) is 85.1 Å². The first-order valence-electron chi connectivity index (χ1n) is 23.6. The molecule has 5 amide bonds. The third-order valence-electron chi connectivity index (χ3n) is 15.3. The molecule has 8 heterocycles. The molecule has 350 valence electrons. The number of amides is 5. The van der Waals surface area contributed by atoms with Gasteiger partial charge in [-0.3, -0.25) is 39.1 Å². The number of likely N-dealkylation sites (tertiary alicyclic amines) is 2. The Bertz CT molecular complexity index is 2420. The van der Waals surface area contributed by atoms with Crippen molar-refractivity contribution in [2.24, 2.45) is 17.3 Å². The van der Waals surface area contributed by atoms with Crippen LogP contribution in [-0.2, 0) is 20.9 Å². The Labute approximate surface area is 383 Å². The Kier molecular flexibility index (Phi) is 11.7. The monoisotopic (exact) mass is 907 g/mol. The van der Waals surface area contributed by atoms with Crippen LogP contribution in [0.4, 0.5) is 31.8 Å². The van der Waals surface area contributed by atoms with Crippen LogP contribution in [0.15, 0.2) is 42.7 Å². The molecule has 1 aromatic heterocycles. The highest BCUT2D eigenvalue weighted by molar-refractivity contribution is 6.25. The Morgan fingerprint density at radius 2 is 1.55 bits per heavy atom. The number of aromatic nitrogens is 2. The van der Waals surface area contributed by atoms with E-state index in [-0.39, 0.29) is 36.4 Å². The Morgan fingerprint density at radius 1 is 0.788 bits per heavy atom. The molecule has 3 aromatic rings. The summed E-state index contributed by atoms with van der Waals surface area (Å²) in [6.07, 6.45) is 5.97. The molecule has 1 spiro atoms. The number of anilines is 4. The van der Waals surface area contributed by atoms with Crippen LogP contribution in [0.2, 0.25) is 0 Å². The molecule has 2 aromatic carbocycles. The summed E-state index contributed by atoms with van der Waals surface area (Å²) in [6, 6.07) is 8.86. The number of carbonyl (C=O) groups excluding carboxylic acids is 5. The molecule has 10 rings (SSSR count). The highest BCUT2D eigenvalue weighted by Crippen LogP contribution is 2.40. The van der Waals surface area contributed by atoms with Crippen LogP contribution < -0.4 is 30.7 Å². The lowest BCUT2D eigenvalue weighted by Gasteiger charge is -2.48. The molecule has 3 atom stereocenters. The van der Waals surface area contributed by atoms with Crippen LogP contribution in [0.3, 0.4) is 0 Å². The van der Waals surface area contributed by atoms with Gasteiger partial charge in [0.2, 0.25) is 17.7 Å². The van der Waals surface area contributed by atoms with Gasteiger partial charge in [-0.15, -0.1) is 0 Å². The molecule has 7 aliphatic rings. The normalized spacial score (nSPS) is 25.4. The minimum absolute atomic E-state index is 0.0279. The fraction of sp³-hybridized carbons (Fsp3) is 0.562. The molecular formula is C48H59F2N11O5. The molecule has 1 unspecified atom stereocenters. The van der Waals surface area contributed by atoms with Gasteiger partial charge in [0.15, 0.2) is 0 Å². The van der Waals surface area contributed by atoms with Gasteiger partial charge < -0.3 is 30.2 Å².